The van der Waals surface area contributed by atoms with Gasteiger partial charge in [-0.1, -0.05) is 25.1 Å². The smallest absolute Gasteiger partial charge is 0.134 e. The zero-order valence-electron chi connectivity index (χ0n) is 10.9. The Morgan fingerprint density at radius 3 is 2.79 bits per heavy atom. The van der Waals surface area contributed by atoms with Gasteiger partial charge in [-0.05, 0) is 52.6 Å². The summed E-state index contributed by atoms with van der Waals surface area (Å²) in [5, 5.41) is 5.45. The van der Waals surface area contributed by atoms with Crippen molar-refractivity contribution in [2.24, 2.45) is 0 Å². The molecular formula is C15H18BrNOS. The molecule has 1 N–H and O–H groups in total. The van der Waals surface area contributed by atoms with E-state index in [4.69, 9.17) is 4.74 Å². The van der Waals surface area contributed by atoms with E-state index in [0.29, 0.717) is 0 Å². The molecule has 2 nitrogen and oxygen atoms in total. The molecule has 102 valence electrons. The molecule has 0 radical (unpaired) electrons. The van der Waals surface area contributed by atoms with Crippen molar-refractivity contribution in [3.63, 3.8) is 0 Å². The highest BCUT2D eigenvalue weighted by Gasteiger charge is 2.15. The van der Waals surface area contributed by atoms with E-state index in [0.717, 1.165) is 29.7 Å². The van der Waals surface area contributed by atoms with Crippen LogP contribution in [0, 0.1) is 0 Å². The molecule has 19 heavy (non-hydrogen) atoms. The first-order valence-electron chi connectivity index (χ1n) is 6.46. The Morgan fingerprint density at radius 2 is 2.11 bits per heavy atom. The minimum Gasteiger partial charge on any atom is -0.484 e. The fourth-order valence-corrected chi connectivity index (χ4v) is 3.00. The molecule has 0 saturated carbocycles. The molecule has 0 saturated heterocycles. The summed E-state index contributed by atoms with van der Waals surface area (Å²) >= 11 is 5.28. The first kappa shape index (κ1) is 14.6. The second kappa shape index (κ2) is 7.68. The summed E-state index contributed by atoms with van der Waals surface area (Å²) in [7, 11) is 0. The number of rotatable bonds is 7. The lowest BCUT2D eigenvalue weighted by Crippen LogP contribution is -2.19. The van der Waals surface area contributed by atoms with Gasteiger partial charge in [0.25, 0.3) is 0 Å². The summed E-state index contributed by atoms with van der Waals surface area (Å²) in [6.45, 7) is 4.07. The quantitative estimate of drug-likeness (QED) is 0.742. The van der Waals surface area contributed by atoms with Gasteiger partial charge in [-0.3, -0.25) is 0 Å². The third kappa shape index (κ3) is 4.34. The van der Waals surface area contributed by atoms with E-state index in [1.165, 1.54) is 4.88 Å². The Balaban J connectivity index is 2.07. The maximum Gasteiger partial charge on any atom is 0.134 e. The minimum atomic E-state index is 0.109. The summed E-state index contributed by atoms with van der Waals surface area (Å²) in [6, 6.07) is 12.2. The van der Waals surface area contributed by atoms with Gasteiger partial charge in [0, 0.05) is 11.3 Å². The van der Waals surface area contributed by atoms with Crippen molar-refractivity contribution in [1.29, 1.82) is 0 Å². The van der Waals surface area contributed by atoms with E-state index in [1.54, 1.807) is 11.3 Å². The summed E-state index contributed by atoms with van der Waals surface area (Å²) in [4.78, 5) is 1.27. The topological polar surface area (TPSA) is 21.3 Å². The van der Waals surface area contributed by atoms with Crippen molar-refractivity contribution in [3.05, 3.63) is 51.1 Å². The molecule has 0 spiro atoms. The third-order valence-electron chi connectivity index (χ3n) is 2.80. The number of nitrogens with one attached hydrogen (secondary N) is 1. The Hall–Kier alpha value is -0.840. The largest absolute Gasteiger partial charge is 0.484 e. The van der Waals surface area contributed by atoms with Crippen LogP contribution < -0.4 is 10.1 Å². The van der Waals surface area contributed by atoms with Crippen LogP contribution in [0.25, 0.3) is 0 Å². The lowest BCUT2D eigenvalue weighted by molar-refractivity contribution is 0.196. The Labute approximate surface area is 126 Å². The van der Waals surface area contributed by atoms with Crippen LogP contribution in [0.2, 0.25) is 0 Å². The average Bonchev–Trinajstić information content (AvgIpc) is 2.94. The highest BCUT2D eigenvalue weighted by atomic mass is 79.9. The molecule has 0 fully saturated rings. The number of ether oxygens (including phenoxy) is 1. The first-order valence-corrected chi connectivity index (χ1v) is 8.14. The van der Waals surface area contributed by atoms with Crippen LogP contribution in [-0.4, -0.2) is 13.1 Å². The lowest BCUT2D eigenvalue weighted by atomic mass is 10.2. The van der Waals surface area contributed by atoms with Crippen LogP contribution in [-0.2, 0) is 0 Å². The van der Waals surface area contributed by atoms with Gasteiger partial charge in [0.2, 0.25) is 0 Å². The second-order valence-corrected chi connectivity index (χ2v) is 6.03. The SMILES string of the molecule is CCNCC[C@@H](Oc1ccccc1Br)c1cccs1. The van der Waals surface area contributed by atoms with Crippen molar-refractivity contribution in [3.8, 4) is 5.75 Å². The number of halogens is 1. The van der Waals surface area contributed by atoms with Gasteiger partial charge in [0.15, 0.2) is 0 Å². The Kier molecular flexibility index (Phi) is 5.89. The molecule has 0 amide bonds. The Morgan fingerprint density at radius 1 is 1.26 bits per heavy atom. The molecule has 0 bridgehead atoms. The monoisotopic (exact) mass is 339 g/mol. The number of hydrogen-bond acceptors (Lipinski definition) is 3. The molecule has 2 aromatic rings. The highest BCUT2D eigenvalue weighted by Crippen LogP contribution is 2.32. The molecule has 4 heteroatoms. The average molecular weight is 340 g/mol. The lowest BCUT2D eigenvalue weighted by Gasteiger charge is -2.19. The van der Waals surface area contributed by atoms with Gasteiger partial charge in [-0.25, -0.2) is 0 Å². The van der Waals surface area contributed by atoms with Gasteiger partial charge in [0.05, 0.1) is 4.47 Å². The first-order chi connectivity index (χ1) is 9.31. The molecule has 0 aliphatic heterocycles. The number of thiophene rings is 1. The predicted molar refractivity (Wildman–Crippen MR) is 85.0 cm³/mol. The summed E-state index contributed by atoms with van der Waals surface area (Å²) in [6.07, 6.45) is 1.08. The van der Waals surface area contributed by atoms with Crippen LogP contribution in [0.15, 0.2) is 46.3 Å². The second-order valence-electron chi connectivity index (χ2n) is 4.19. The van der Waals surface area contributed by atoms with E-state index in [9.17, 15) is 0 Å². The molecule has 0 aliphatic carbocycles. The van der Waals surface area contributed by atoms with Crippen LogP contribution in [0.1, 0.15) is 24.3 Å². The van der Waals surface area contributed by atoms with Crippen molar-refractivity contribution >= 4 is 27.3 Å². The third-order valence-corrected chi connectivity index (χ3v) is 4.42. The molecule has 0 aliphatic rings. The zero-order chi connectivity index (χ0) is 13.5. The van der Waals surface area contributed by atoms with E-state index < -0.39 is 0 Å². The number of hydrogen-bond donors (Lipinski definition) is 1. The summed E-state index contributed by atoms with van der Waals surface area (Å²) < 4.78 is 7.16. The Bertz CT molecular complexity index is 487. The van der Waals surface area contributed by atoms with E-state index >= 15 is 0 Å². The van der Waals surface area contributed by atoms with Crippen LogP contribution in [0.4, 0.5) is 0 Å². The molecule has 1 aromatic carbocycles. The molecule has 1 aromatic heterocycles. The zero-order valence-corrected chi connectivity index (χ0v) is 13.3. The molecule has 2 rings (SSSR count). The van der Waals surface area contributed by atoms with Crippen molar-refractivity contribution in [2.75, 3.05) is 13.1 Å². The van der Waals surface area contributed by atoms with Gasteiger partial charge in [-0.15, -0.1) is 11.3 Å². The summed E-state index contributed by atoms with van der Waals surface area (Å²) in [5.41, 5.74) is 0. The van der Waals surface area contributed by atoms with Crippen LogP contribution in [0.3, 0.4) is 0 Å². The van der Waals surface area contributed by atoms with E-state index in [-0.39, 0.29) is 6.10 Å². The predicted octanol–water partition coefficient (Wildman–Crippen LogP) is 4.63. The fraction of sp³-hybridized carbons (Fsp3) is 0.333. The van der Waals surface area contributed by atoms with Crippen molar-refractivity contribution in [1.82, 2.24) is 5.32 Å². The van der Waals surface area contributed by atoms with E-state index in [1.807, 2.05) is 24.3 Å². The maximum atomic E-state index is 6.16. The maximum absolute atomic E-state index is 6.16. The summed E-state index contributed by atoms with van der Waals surface area (Å²) in [5.74, 6) is 0.900. The van der Waals surface area contributed by atoms with Gasteiger partial charge >= 0.3 is 0 Å². The standard InChI is InChI=1S/C15H18BrNOS/c1-2-17-10-9-14(15-8-5-11-19-15)18-13-7-4-3-6-12(13)16/h3-8,11,14,17H,2,9-10H2,1H3/t14-/m1/s1. The molecule has 1 heterocycles. The fourth-order valence-electron chi connectivity index (χ4n) is 1.84. The van der Waals surface area contributed by atoms with Crippen molar-refractivity contribution < 1.29 is 4.74 Å². The van der Waals surface area contributed by atoms with Crippen molar-refractivity contribution in [2.45, 2.75) is 19.4 Å². The minimum absolute atomic E-state index is 0.109. The number of para-hydroxylation sites is 1. The van der Waals surface area contributed by atoms with E-state index in [2.05, 4.69) is 45.7 Å². The van der Waals surface area contributed by atoms with Crippen LogP contribution >= 0.6 is 27.3 Å². The highest BCUT2D eigenvalue weighted by molar-refractivity contribution is 9.10. The molecular weight excluding hydrogens is 322 g/mol. The van der Waals surface area contributed by atoms with Gasteiger partial charge in [-0.2, -0.15) is 0 Å². The molecule has 1 atom stereocenters. The number of benzene rings is 1. The van der Waals surface area contributed by atoms with Crippen LogP contribution in [0.5, 0.6) is 5.75 Å². The molecule has 0 unspecified atom stereocenters. The van der Waals surface area contributed by atoms with Gasteiger partial charge < -0.3 is 10.1 Å². The normalized spacial score (nSPS) is 12.3. The van der Waals surface area contributed by atoms with Gasteiger partial charge in [0.1, 0.15) is 11.9 Å².